The van der Waals surface area contributed by atoms with E-state index in [1.165, 1.54) is 26.2 Å². The number of piperidine rings is 1. The van der Waals surface area contributed by atoms with E-state index < -0.39 is 75.1 Å². The molecular weight excluding hydrogens is 738 g/mol. The molecule has 6 aliphatic rings. The molecule has 13 heteroatoms. The molecule has 5 aliphatic carbocycles. The summed E-state index contributed by atoms with van der Waals surface area (Å²) in [7, 11) is 1.41. The Morgan fingerprint density at radius 2 is 1.77 bits per heavy atom. The number of anilines is 1. The summed E-state index contributed by atoms with van der Waals surface area (Å²) in [4.78, 5) is 54.2. The number of carbonyl (C=O) groups excluding carboxylic acids is 2. The molecule has 3 N–H and O–H groups in total. The van der Waals surface area contributed by atoms with Gasteiger partial charge in [0.15, 0.2) is 28.8 Å². The molecule has 308 valence electrons. The standard InChI is InChI=1S/C44H54F2N2O9/c1-21-19-47(37-35(45)23(3)33-36(39(37)56-7)48(26-9-10-26)24(4)34(38(33)52)40(53)54)15-13-30(21)57-20-32(51)44(55)22(2)16-29-28-11-8-25-17-27(49)12-14-41(25,5)43(28,46)31(50)18-42(29,44)6/h12,14,17,21-22,26,28-31,50,55H,8-11,13,15-16,18-20H2,1-7H3,(H,53,54)/t21?,22-,28+,29+,30?,31+,41+,42+,43+,44+/m1/s1. The van der Waals surface area contributed by atoms with Crippen molar-refractivity contribution < 1.29 is 48.0 Å². The maximum Gasteiger partial charge on any atom is 0.341 e. The van der Waals surface area contributed by atoms with Crippen LogP contribution in [0.2, 0.25) is 0 Å². The van der Waals surface area contributed by atoms with E-state index in [0.29, 0.717) is 55.6 Å². The minimum absolute atomic E-state index is 0.00735. The lowest BCUT2D eigenvalue weighted by Crippen LogP contribution is -2.69. The highest BCUT2D eigenvalue weighted by molar-refractivity contribution is 6.01. The number of carboxylic acids is 1. The van der Waals surface area contributed by atoms with Gasteiger partial charge < -0.3 is 34.3 Å². The van der Waals surface area contributed by atoms with Crippen molar-refractivity contribution >= 4 is 34.1 Å². The number of aliphatic hydroxyl groups is 2. The molecule has 1 saturated heterocycles. The molecule has 10 atom stereocenters. The van der Waals surface area contributed by atoms with Crippen LogP contribution < -0.4 is 15.1 Å². The number of allylic oxidation sites excluding steroid dienone is 4. The third kappa shape index (κ3) is 5.29. The molecule has 1 aliphatic heterocycles. The van der Waals surface area contributed by atoms with Crippen LogP contribution in [0.15, 0.2) is 28.6 Å². The number of fused-ring (bicyclic) bond motifs is 6. The number of Topliss-reactive ketones (excluding diaryl/α,β-unsaturated/α-hetero) is 1. The summed E-state index contributed by atoms with van der Waals surface area (Å²) in [5.41, 5.74) is -5.80. The van der Waals surface area contributed by atoms with Crippen molar-refractivity contribution in [2.45, 2.75) is 116 Å². The summed E-state index contributed by atoms with van der Waals surface area (Å²) in [6.45, 7) is 10.6. The van der Waals surface area contributed by atoms with E-state index in [9.17, 15) is 34.5 Å². The number of benzene rings is 1. The quantitative estimate of drug-likeness (QED) is 0.292. The highest BCUT2D eigenvalue weighted by atomic mass is 19.1. The number of aryl methyl sites for hydroxylation is 1. The van der Waals surface area contributed by atoms with Crippen LogP contribution in [-0.2, 0) is 14.3 Å². The monoisotopic (exact) mass is 792 g/mol. The second-order valence-corrected chi connectivity index (χ2v) is 18.4. The third-order valence-electron chi connectivity index (χ3n) is 15.5. The minimum atomic E-state index is -2.08. The number of hydrogen-bond acceptors (Lipinski definition) is 9. The van der Waals surface area contributed by atoms with Gasteiger partial charge in [-0.25, -0.2) is 13.6 Å². The van der Waals surface area contributed by atoms with Gasteiger partial charge in [-0.05, 0) is 95.6 Å². The average Bonchev–Trinajstić information content (AvgIpc) is 3.97. The van der Waals surface area contributed by atoms with Gasteiger partial charge in [0.1, 0.15) is 23.5 Å². The molecule has 57 heavy (non-hydrogen) atoms. The zero-order valence-electron chi connectivity index (χ0n) is 33.8. The second-order valence-electron chi connectivity index (χ2n) is 18.4. The number of aromatic nitrogens is 1. The maximum absolute atomic E-state index is 17.6. The van der Waals surface area contributed by atoms with Crippen molar-refractivity contribution in [1.29, 1.82) is 0 Å². The van der Waals surface area contributed by atoms with Crippen LogP contribution in [0.25, 0.3) is 10.9 Å². The zero-order valence-corrected chi connectivity index (χ0v) is 33.8. The molecule has 0 radical (unpaired) electrons. The Morgan fingerprint density at radius 1 is 1.07 bits per heavy atom. The smallest absolute Gasteiger partial charge is 0.341 e. The molecule has 0 bridgehead atoms. The first kappa shape index (κ1) is 39.9. The van der Waals surface area contributed by atoms with Crippen molar-refractivity contribution in [3.8, 4) is 5.75 Å². The Morgan fingerprint density at radius 3 is 2.40 bits per heavy atom. The largest absolute Gasteiger partial charge is 0.492 e. The Balaban J connectivity index is 1.03. The fourth-order valence-electron chi connectivity index (χ4n) is 12.4. The van der Waals surface area contributed by atoms with Crippen molar-refractivity contribution in [2.24, 2.45) is 34.5 Å². The van der Waals surface area contributed by atoms with Gasteiger partial charge in [0.05, 0.1) is 30.2 Å². The summed E-state index contributed by atoms with van der Waals surface area (Å²) in [6.07, 6.45) is 5.68. The lowest BCUT2D eigenvalue weighted by atomic mass is 9.44. The van der Waals surface area contributed by atoms with E-state index in [4.69, 9.17) is 9.47 Å². The lowest BCUT2D eigenvalue weighted by Gasteiger charge is -2.62. The van der Waals surface area contributed by atoms with Crippen LogP contribution in [0.3, 0.4) is 0 Å². The van der Waals surface area contributed by atoms with Gasteiger partial charge in [-0.1, -0.05) is 32.4 Å². The fraction of sp³-hybridized carbons (Fsp3) is 0.636. The van der Waals surface area contributed by atoms with Gasteiger partial charge >= 0.3 is 5.97 Å². The maximum atomic E-state index is 17.6. The van der Waals surface area contributed by atoms with Crippen molar-refractivity contribution in [3.63, 3.8) is 0 Å². The van der Waals surface area contributed by atoms with Crippen LogP contribution in [0, 0.1) is 54.2 Å². The summed E-state index contributed by atoms with van der Waals surface area (Å²) < 4.78 is 48.1. The lowest BCUT2D eigenvalue weighted by molar-refractivity contribution is -0.220. The van der Waals surface area contributed by atoms with E-state index >= 15 is 8.78 Å². The topological polar surface area (TPSA) is 156 Å². The highest BCUT2D eigenvalue weighted by Crippen LogP contribution is 2.70. The number of carboxylic acid groups (broad SMARTS) is 1. The summed E-state index contributed by atoms with van der Waals surface area (Å²) in [5, 5.41) is 34.1. The van der Waals surface area contributed by atoms with E-state index in [0.717, 1.165) is 12.8 Å². The Kier molecular flexibility index (Phi) is 9.29. The summed E-state index contributed by atoms with van der Waals surface area (Å²) >= 11 is 0. The van der Waals surface area contributed by atoms with E-state index in [2.05, 4.69) is 0 Å². The number of halogens is 2. The SMILES string of the molecule is COc1c(N2CCC(OCC(=O)[C@@]3(O)[C@H](C)C[C@H]4[C@@H]5CCC6=CC(=O)C=C[C@]6(C)[C@@]5(F)[C@@H](O)C[C@@]43C)C(C)C2)c(F)c(C)c2c(=O)c(C(=O)O)c(C)n(C3CC3)c12. The number of nitrogens with zero attached hydrogens (tertiary/aromatic N) is 2. The van der Waals surface area contributed by atoms with Gasteiger partial charge in [0.2, 0.25) is 5.43 Å². The number of carbonyl (C=O) groups is 3. The van der Waals surface area contributed by atoms with Crippen LogP contribution in [0.4, 0.5) is 14.5 Å². The fourth-order valence-corrected chi connectivity index (χ4v) is 12.4. The molecule has 0 amide bonds. The first-order chi connectivity index (χ1) is 26.8. The van der Waals surface area contributed by atoms with E-state index in [1.807, 2.05) is 23.3 Å². The number of hydrogen-bond donors (Lipinski definition) is 3. The van der Waals surface area contributed by atoms with Gasteiger partial charge in [0.25, 0.3) is 0 Å². The zero-order chi connectivity index (χ0) is 41.3. The van der Waals surface area contributed by atoms with E-state index in [1.54, 1.807) is 26.8 Å². The number of alkyl halides is 1. The van der Waals surface area contributed by atoms with Crippen LogP contribution in [-0.4, -0.2) is 87.7 Å². The molecule has 1 aromatic carbocycles. The molecular formula is C44H54F2N2O9. The van der Waals surface area contributed by atoms with Gasteiger partial charge in [-0.2, -0.15) is 0 Å². The van der Waals surface area contributed by atoms with Gasteiger partial charge in [0, 0.05) is 47.1 Å². The second kappa shape index (κ2) is 13.3. The van der Waals surface area contributed by atoms with Gasteiger partial charge in [-0.15, -0.1) is 0 Å². The third-order valence-corrected chi connectivity index (χ3v) is 15.5. The predicted molar refractivity (Wildman–Crippen MR) is 208 cm³/mol. The normalized spacial score (nSPS) is 37.4. The molecule has 5 fully saturated rings. The molecule has 2 unspecified atom stereocenters. The first-order valence-corrected chi connectivity index (χ1v) is 20.4. The molecule has 11 nitrogen and oxygen atoms in total. The predicted octanol–water partition coefficient (Wildman–Crippen LogP) is 5.95. The highest BCUT2D eigenvalue weighted by Gasteiger charge is 2.75. The van der Waals surface area contributed by atoms with Crippen LogP contribution in [0.1, 0.15) is 100 Å². The molecule has 1 aromatic heterocycles. The molecule has 8 rings (SSSR count). The van der Waals surface area contributed by atoms with Gasteiger partial charge in [-0.3, -0.25) is 14.4 Å². The number of rotatable bonds is 8. The number of methoxy groups -OCH3 is 1. The molecule has 2 aromatic rings. The van der Waals surface area contributed by atoms with Crippen LogP contribution in [0.5, 0.6) is 5.75 Å². The van der Waals surface area contributed by atoms with Crippen LogP contribution >= 0.6 is 0 Å². The minimum Gasteiger partial charge on any atom is -0.492 e. The number of aliphatic hydroxyl groups excluding tert-OH is 1. The Bertz CT molecular complexity index is 2230. The number of aromatic carboxylic acids is 1. The number of pyridine rings is 1. The number of ketones is 2. The van der Waals surface area contributed by atoms with Crippen molar-refractivity contribution in [2.75, 3.05) is 31.7 Å². The molecule has 0 spiro atoms. The summed E-state index contributed by atoms with van der Waals surface area (Å²) in [5.74, 6) is -4.34. The van der Waals surface area contributed by atoms with E-state index in [-0.39, 0.29) is 58.7 Å². The molecule has 4 saturated carbocycles. The van der Waals surface area contributed by atoms with Crippen molar-refractivity contribution in [3.05, 3.63) is 56.7 Å². The molecule has 2 heterocycles. The first-order valence-electron chi connectivity index (χ1n) is 20.4. The summed E-state index contributed by atoms with van der Waals surface area (Å²) in [6, 6.07) is -0.0447. The number of ether oxygens (including phenoxy) is 2. The average molecular weight is 793 g/mol. The van der Waals surface area contributed by atoms with Crippen molar-refractivity contribution in [1.82, 2.24) is 4.57 Å². The Labute approximate surface area is 330 Å². The Hall–Kier alpha value is -3.94.